The van der Waals surface area contributed by atoms with E-state index < -0.39 is 6.29 Å². The van der Waals surface area contributed by atoms with E-state index in [1.807, 2.05) is 119 Å². The summed E-state index contributed by atoms with van der Waals surface area (Å²) in [7, 11) is 1.05. The number of aromatic nitrogens is 4. The first kappa shape index (κ1) is 52.4. The van der Waals surface area contributed by atoms with Crippen molar-refractivity contribution in [2.75, 3.05) is 30.9 Å². The van der Waals surface area contributed by atoms with E-state index in [0.29, 0.717) is 39.3 Å². The fourth-order valence-corrected chi connectivity index (χ4v) is 9.03. The molecule has 2 aromatic carbocycles. The van der Waals surface area contributed by atoms with Crippen molar-refractivity contribution in [2.24, 2.45) is 0 Å². The molecule has 13 heteroatoms. The van der Waals surface area contributed by atoms with Crippen molar-refractivity contribution in [3.63, 3.8) is 0 Å². The lowest BCUT2D eigenvalue weighted by atomic mass is 10.1. The molecule has 332 valence electrons. The number of nitrogens with one attached hydrogen (secondary N) is 1. The van der Waals surface area contributed by atoms with Crippen LogP contribution in [-0.4, -0.2) is 50.1 Å². The molecule has 0 aliphatic rings. The summed E-state index contributed by atoms with van der Waals surface area (Å²) in [6.45, 7) is 23.5. The van der Waals surface area contributed by atoms with Gasteiger partial charge in [-0.25, -0.2) is 0 Å². The van der Waals surface area contributed by atoms with Crippen LogP contribution < -0.4 is 11.1 Å². The van der Waals surface area contributed by atoms with Gasteiger partial charge in [0.1, 0.15) is 0 Å². The Balaban J connectivity index is 0.000000245. The van der Waals surface area contributed by atoms with E-state index in [1.54, 1.807) is 30.9 Å². The second-order valence-electron chi connectivity index (χ2n) is 15.8. The molecule has 0 fully saturated rings. The van der Waals surface area contributed by atoms with Gasteiger partial charge in [-0.15, -0.1) is 8.58 Å². The van der Waals surface area contributed by atoms with Gasteiger partial charge in [0, 0.05) is 65.4 Å². The summed E-state index contributed by atoms with van der Waals surface area (Å²) in [5, 5.41) is 5.59. The monoisotopic (exact) mass is 962 g/mol. The molecule has 0 bridgehead atoms. The highest BCUT2D eigenvalue weighted by molar-refractivity contribution is 9.10. The van der Waals surface area contributed by atoms with Gasteiger partial charge in [-0.05, 0) is 139 Å². The number of benzene rings is 2. The van der Waals surface area contributed by atoms with Gasteiger partial charge in [-0.3, -0.25) is 19.9 Å². The molecule has 6 aromatic rings. The molecule has 4 aromatic heterocycles. The van der Waals surface area contributed by atoms with Gasteiger partial charge in [-0.2, -0.15) is 0 Å². The first-order chi connectivity index (χ1) is 29.4. The van der Waals surface area contributed by atoms with Crippen molar-refractivity contribution in [3.8, 4) is 22.5 Å². The lowest BCUT2D eigenvalue weighted by Crippen LogP contribution is -2.16. The molecule has 0 radical (unpaired) electrons. The summed E-state index contributed by atoms with van der Waals surface area (Å²) in [4.78, 5) is 17.2. The Morgan fingerprint density at radius 1 is 0.629 bits per heavy atom. The number of halogens is 3. The van der Waals surface area contributed by atoms with Crippen molar-refractivity contribution in [1.29, 1.82) is 0 Å². The van der Waals surface area contributed by atoms with Crippen LogP contribution >= 0.6 is 47.7 Å². The smallest absolute Gasteiger partial charge is 0.201 e. The first-order valence-corrected chi connectivity index (χ1v) is 23.1. The molecule has 4 heterocycles. The number of nitrogens with two attached hydrogens (primary N) is 1. The Morgan fingerprint density at radius 3 is 1.56 bits per heavy atom. The molecule has 1 atom stereocenters. The Kier molecular flexibility index (Phi) is 22.5. The molecule has 6 rings (SSSR count). The van der Waals surface area contributed by atoms with Gasteiger partial charge >= 0.3 is 0 Å². The maximum atomic E-state index is 6.44. The van der Waals surface area contributed by atoms with Crippen LogP contribution in [0.15, 0.2) is 126 Å². The molecule has 9 nitrogen and oxygen atoms in total. The zero-order chi connectivity index (χ0) is 45.7. The number of hydrogen-bond acceptors (Lipinski definition) is 9. The predicted molar refractivity (Wildman–Crippen MR) is 267 cm³/mol. The summed E-state index contributed by atoms with van der Waals surface area (Å²) >= 11 is 15.8. The van der Waals surface area contributed by atoms with Crippen LogP contribution in [-0.2, 0) is 14.2 Å². The average molecular weight is 965 g/mol. The van der Waals surface area contributed by atoms with Gasteiger partial charge in [0.25, 0.3) is 0 Å². The second kappa shape index (κ2) is 26.6. The number of rotatable bonds is 12. The number of anilines is 3. The maximum absolute atomic E-state index is 6.44. The van der Waals surface area contributed by atoms with E-state index in [0.717, 1.165) is 64.9 Å². The molecule has 0 spiro atoms. The normalized spacial score (nSPS) is 11.6. The minimum Gasteiger partial charge on any atom is -0.399 e. The molecule has 1 unspecified atom stereocenters. The Bertz CT molecular complexity index is 2160. The standard InChI is InChI=1S/C21H22ClN3O2.C11H9ClN2.C9H12BrNO.C8H19P/c1-3-26-21(27-4-2)20-11-9-16(14-24-20)25-15-8-10-17(18(22)13-15)19-7-5-6-12-23-19;12-10-7-8(13)4-5-9(10)11-3-1-2-6-14-11;1-3-12-7(2)9-5-4-8(10)6-11-9;1-7(2,3)9-8(4,5)6/h5-14,21,25H,3-4H2,1-2H3;1-7H,13H2;4-7H,3H2,1-2H3;9H,1-6H3. The van der Waals surface area contributed by atoms with Crippen molar-refractivity contribution in [2.45, 2.75) is 91.9 Å². The fourth-order valence-electron chi connectivity index (χ4n) is 5.98. The third-order valence-corrected chi connectivity index (χ3v) is 10.7. The minimum absolute atomic E-state index is 0.0862. The molecule has 0 aliphatic carbocycles. The molecular formula is C49H62BrCl2N6O3P. The van der Waals surface area contributed by atoms with Gasteiger partial charge in [0.05, 0.1) is 50.8 Å². The average Bonchev–Trinajstić information content (AvgIpc) is 3.22. The summed E-state index contributed by atoms with van der Waals surface area (Å²) in [6.07, 6.45) is 6.67. The molecular weight excluding hydrogens is 902 g/mol. The summed E-state index contributed by atoms with van der Waals surface area (Å²) in [6, 6.07) is 30.4. The van der Waals surface area contributed by atoms with Gasteiger partial charge in [0.2, 0.25) is 6.29 Å². The fraction of sp³-hybridized carbons (Fsp3) is 0.347. The van der Waals surface area contributed by atoms with Crippen LogP contribution in [0, 0.1) is 0 Å². The highest BCUT2D eigenvalue weighted by atomic mass is 79.9. The third kappa shape index (κ3) is 19.6. The largest absolute Gasteiger partial charge is 0.399 e. The van der Waals surface area contributed by atoms with E-state index >= 15 is 0 Å². The summed E-state index contributed by atoms with van der Waals surface area (Å²) in [5.41, 5.74) is 13.2. The van der Waals surface area contributed by atoms with Crippen molar-refractivity contribution < 1.29 is 14.2 Å². The Hall–Kier alpha value is -3.99. The van der Waals surface area contributed by atoms with Crippen molar-refractivity contribution >= 4 is 64.8 Å². The molecule has 0 saturated heterocycles. The van der Waals surface area contributed by atoms with E-state index in [2.05, 4.69) is 82.7 Å². The van der Waals surface area contributed by atoms with Crippen LogP contribution in [0.5, 0.6) is 0 Å². The zero-order valence-corrected chi connectivity index (χ0v) is 41.6. The molecule has 62 heavy (non-hydrogen) atoms. The summed E-state index contributed by atoms with van der Waals surface area (Å²) < 4.78 is 17.5. The van der Waals surface area contributed by atoms with Gasteiger partial charge in [-0.1, -0.05) is 76.9 Å². The molecule has 0 saturated carbocycles. The van der Waals surface area contributed by atoms with Crippen LogP contribution in [0.4, 0.5) is 17.1 Å². The first-order valence-electron chi connectivity index (χ1n) is 20.6. The maximum Gasteiger partial charge on any atom is 0.201 e. The van der Waals surface area contributed by atoms with E-state index in [4.69, 9.17) is 43.1 Å². The number of pyridine rings is 4. The number of ether oxygens (including phenoxy) is 3. The van der Waals surface area contributed by atoms with E-state index in [-0.39, 0.29) is 6.10 Å². The van der Waals surface area contributed by atoms with Gasteiger partial charge < -0.3 is 25.3 Å². The Labute approximate surface area is 389 Å². The summed E-state index contributed by atoms with van der Waals surface area (Å²) in [5.74, 6) is 0. The quantitative estimate of drug-likeness (QED) is 0.0702. The van der Waals surface area contributed by atoms with Crippen LogP contribution in [0.2, 0.25) is 10.0 Å². The molecule has 3 N–H and O–H groups in total. The SMILES string of the molecule is CC(C)(C)PC(C)(C)C.CCOC(C)c1ccc(Br)cn1.CCOC(OCC)c1ccc(Nc2ccc(-c3ccccn3)c(Cl)c2)cn1.Nc1ccc(-c2ccccn2)c(Cl)c1. The van der Waals surface area contributed by atoms with E-state index in [9.17, 15) is 0 Å². The second-order valence-corrected chi connectivity index (χ2v) is 20.8. The zero-order valence-electron chi connectivity index (χ0n) is 37.5. The lowest BCUT2D eigenvalue weighted by Gasteiger charge is -2.28. The topological polar surface area (TPSA) is 117 Å². The molecule has 0 amide bonds. The van der Waals surface area contributed by atoms with Crippen LogP contribution in [0.3, 0.4) is 0 Å². The number of hydrogen-bond donors (Lipinski definition) is 2. The minimum atomic E-state index is -0.443. The number of nitrogen functional groups attached to an aromatic ring is 1. The van der Waals surface area contributed by atoms with E-state index in [1.165, 1.54) is 0 Å². The Morgan fingerprint density at radius 2 is 1.15 bits per heavy atom. The molecule has 0 aliphatic heterocycles. The third-order valence-electron chi connectivity index (χ3n) is 8.13. The highest BCUT2D eigenvalue weighted by Crippen LogP contribution is 2.42. The highest BCUT2D eigenvalue weighted by Gasteiger charge is 2.20. The predicted octanol–water partition coefficient (Wildman–Crippen LogP) is 14.8. The van der Waals surface area contributed by atoms with Gasteiger partial charge in [0.15, 0.2) is 0 Å². The van der Waals surface area contributed by atoms with Crippen molar-refractivity contribution in [3.05, 3.63) is 148 Å². The number of nitrogens with zero attached hydrogens (tertiary/aromatic N) is 4. The lowest BCUT2D eigenvalue weighted by molar-refractivity contribution is -0.142. The van der Waals surface area contributed by atoms with Crippen LogP contribution in [0.1, 0.15) is 93.0 Å². The van der Waals surface area contributed by atoms with Crippen LogP contribution in [0.25, 0.3) is 22.5 Å². The van der Waals surface area contributed by atoms with Crippen molar-refractivity contribution in [1.82, 2.24) is 19.9 Å².